The molecule has 2 rings (SSSR count). The molecule has 0 aromatic carbocycles. The van der Waals surface area contributed by atoms with E-state index in [1.165, 1.54) is 23.5 Å². The molecular formula is C14H13N3O2S2. The molecule has 0 aliphatic heterocycles. The van der Waals surface area contributed by atoms with Crippen molar-refractivity contribution in [2.45, 2.75) is 10.1 Å². The molecule has 2 aromatic heterocycles. The third-order valence-corrected chi connectivity index (χ3v) is 4.14. The first-order chi connectivity index (χ1) is 10.2. The molecule has 0 saturated heterocycles. The number of imide groups is 1. The maximum absolute atomic E-state index is 11.6. The molecule has 5 nitrogen and oxygen atoms in total. The van der Waals surface area contributed by atoms with Gasteiger partial charge in [0.2, 0.25) is 11.8 Å². The molecular weight excluding hydrogens is 306 g/mol. The van der Waals surface area contributed by atoms with Gasteiger partial charge in [-0.05, 0) is 24.3 Å². The van der Waals surface area contributed by atoms with E-state index in [2.05, 4.69) is 15.3 Å². The second kappa shape index (κ2) is 8.43. The Morgan fingerprint density at radius 3 is 1.71 bits per heavy atom. The highest BCUT2D eigenvalue weighted by atomic mass is 32.2. The van der Waals surface area contributed by atoms with Crippen molar-refractivity contribution in [1.82, 2.24) is 15.3 Å². The van der Waals surface area contributed by atoms with Gasteiger partial charge in [0.05, 0.1) is 21.6 Å². The molecule has 0 aliphatic rings. The van der Waals surface area contributed by atoms with Gasteiger partial charge in [-0.15, -0.1) is 0 Å². The van der Waals surface area contributed by atoms with E-state index in [1.807, 2.05) is 36.4 Å². The van der Waals surface area contributed by atoms with E-state index in [0.29, 0.717) is 0 Å². The highest BCUT2D eigenvalue weighted by molar-refractivity contribution is 8.00. The Labute approximate surface area is 131 Å². The molecule has 0 radical (unpaired) electrons. The Balaban J connectivity index is 1.69. The van der Waals surface area contributed by atoms with Gasteiger partial charge in [-0.3, -0.25) is 14.9 Å². The van der Waals surface area contributed by atoms with E-state index >= 15 is 0 Å². The SMILES string of the molecule is O=C(CSc1ccccn1)NC(=O)CSc1ccccn1. The molecule has 108 valence electrons. The third kappa shape index (κ3) is 5.97. The van der Waals surface area contributed by atoms with E-state index in [4.69, 9.17) is 0 Å². The minimum Gasteiger partial charge on any atom is -0.295 e. The Bertz CT molecular complexity index is 540. The van der Waals surface area contributed by atoms with Crippen molar-refractivity contribution < 1.29 is 9.59 Å². The van der Waals surface area contributed by atoms with Gasteiger partial charge in [0.15, 0.2) is 0 Å². The van der Waals surface area contributed by atoms with Gasteiger partial charge in [-0.2, -0.15) is 0 Å². The summed E-state index contributed by atoms with van der Waals surface area (Å²) in [4.78, 5) is 31.4. The highest BCUT2D eigenvalue weighted by Crippen LogP contribution is 2.14. The second-order valence-electron chi connectivity index (χ2n) is 3.88. The average Bonchev–Trinajstić information content (AvgIpc) is 2.53. The van der Waals surface area contributed by atoms with Gasteiger partial charge >= 0.3 is 0 Å². The van der Waals surface area contributed by atoms with Gasteiger partial charge in [0.1, 0.15) is 0 Å². The van der Waals surface area contributed by atoms with Crippen molar-refractivity contribution in [3.05, 3.63) is 48.8 Å². The van der Waals surface area contributed by atoms with Crippen LogP contribution in [0.4, 0.5) is 0 Å². The standard InChI is InChI=1S/C14H13N3O2S2/c18-11(9-20-13-5-1-3-7-15-13)17-12(19)10-21-14-6-2-4-8-16-14/h1-8H,9-10H2,(H,17,18,19). The monoisotopic (exact) mass is 319 g/mol. The number of hydrogen-bond donors (Lipinski definition) is 1. The first-order valence-corrected chi connectivity index (χ1v) is 8.11. The van der Waals surface area contributed by atoms with E-state index in [9.17, 15) is 9.59 Å². The van der Waals surface area contributed by atoms with Crippen LogP contribution in [0, 0.1) is 0 Å². The summed E-state index contributed by atoms with van der Waals surface area (Å²) in [7, 11) is 0. The predicted octanol–water partition coefficient (Wildman–Crippen LogP) is 2.00. The number of carbonyl (C=O) groups excluding carboxylic acids is 2. The quantitative estimate of drug-likeness (QED) is 0.821. The summed E-state index contributed by atoms with van der Waals surface area (Å²) in [6, 6.07) is 10.9. The molecule has 0 aliphatic carbocycles. The van der Waals surface area contributed by atoms with Gasteiger partial charge in [-0.25, -0.2) is 9.97 Å². The number of nitrogens with one attached hydrogen (secondary N) is 1. The van der Waals surface area contributed by atoms with Crippen LogP contribution in [-0.4, -0.2) is 33.3 Å². The van der Waals surface area contributed by atoms with Crippen LogP contribution in [0.3, 0.4) is 0 Å². The summed E-state index contributed by atoms with van der Waals surface area (Å²) in [6.45, 7) is 0. The summed E-state index contributed by atoms with van der Waals surface area (Å²) >= 11 is 2.58. The molecule has 0 atom stereocenters. The molecule has 1 N–H and O–H groups in total. The van der Waals surface area contributed by atoms with E-state index in [1.54, 1.807) is 12.4 Å². The minimum absolute atomic E-state index is 0.164. The van der Waals surface area contributed by atoms with Gasteiger partial charge in [0, 0.05) is 12.4 Å². The average molecular weight is 319 g/mol. The largest absolute Gasteiger partial charge is 0.295 e. The molecule has 21 heavy (non-hydrogen) atoms. The number of aromatic nitrogens is 2. The number of rotatable bonds is 6. The number of thioether (sulfide) groups is 2. The Kier molecular flexibility index (Phi) is 6.23. The van der Waals surface area contributed by atoms with E-state index < -0.39 is 0 Å². The summed E-state index contributed by atoms with van der Waals surface area (Å²) in [5.74, 6) is -0.317. The van der Waals surface area contributed by atoms with Gasteiger partial charge in [-0.1, -0.05) is 35.7 Å². The molecule has 0 saturated carbocycles. The molecule has 0 unspecified atom stereocenters. The zero-order chi connectivity index (χ0) is 14.9. The Morgan fingerprint density at radius 2 is 1.33 bits per heavy atom. The molecule has 0 spiro atoms. The maximum atomic E-state index is 11.6. The summed E-state index contributed by atoms with van der Waals surface area (Å²) < 4.78 is 0. The van der Waals surface area contributed by atoms with Crippen LogP contribution < -0.4 is 5.32 Å². The van der Waals surface area contributed by atoms with Crippen LogP contribution in [0.25, 0.3) is 0 Å². The zero-order valence-corrected chi connectivity index (χ0v) is 12.7. The van der Waals surface area contributed by atoms with Crippen LogP contribution in [0.2, 0.25) is 0 Å². The van der Waals surface area contributed by atoms with Crippen molar-refractivity contribution in [3.63, 3.8) is 0 Å². The van der Waals surface area contributed by atoms with Crippen LogP contribution in [0.1, 0.15) is 0 Å². The van der Waals surface area contributed by atoms with Crippen molar-refractivity contribution in [2.75, 3.05) is 11.5 Å². The molecule has 0 bridgehead atoms. The zero-order valence-electron chi connectivity index (χ0n) is 11.1. The third-order valence-electron chi connectivity index (χ3n) is 2.26. The molecule has 0 fully saturated rings. The highest BCUT2D eigenvalue weighted by Gasteiger charge is 2.09. The van der Waals surface area contributed by atoms with Gasteiger partial charge < -0.3 is 0 Å². The lowest BCUT2D eigenvalue weighted by atomic mass is 10.5. The lowest BCUT2D eigenvalue weighted by Crippen LogP contribution is -2.33. The second-order valence-corrected chi connectivity index (χ2v) is 5.88. The fraction of sp³-hybridized carbons (Fsp3) is 0.143. The normalized spacial score (nSPS) is 10.1. The predicted molar refractivity (Wildman–Crippen MR) is 83.1 cm³/mol. The van der Waals surface area contributed by atoms with Gasteiger partial charge in [0.25, 0.3) is 0 Å². The fourth-order valence-electron chi connectivity index (χ4n) is 1.37. The molecule has 7 heteroatoms. The minimum atomic E-state index is -0.322. The number of nitrogens with zero attached hydrogens (tertiary/aromatic N) is 2. The molecule has 2 aromatic rings. The number of amides is 2. The first-order valence-electron chi connectivity index (χ1n) is 6.14. The lowest BCUT2D eigenvalue weighted by molar-refractivity contribution is -0.127. The number of carbonyl (C=O) groups is 2. The van der Waals surface area contributed by atoms with Crippen molar-refractivity contribution in [2.24, 2.45) is 0 Å². The lowest BCUT2D eigenvalue weighted by Gasteiger charge is -2.03. The number of pyridine rings is 2. The van der Waals surface area contributed by atoms with Crippen molar-refractivity contribution in [3.8, 4) is 0 Å². The summed E-state index contributed by atoms with van der Waals surface area (Å²) in [5.41, 5.74) is 0. The van der Waals surface area contributed by atoms with Crippen molar-refractivity contribution in [1.29, 1.82) is 0 Å². The van der Waals surface area contributed by atoms with Crippen LogP contribution >= 0.6 is 23.5 Å². The summed E-state index contributed by atoms with van der Waals surface area (Å²) in [5, 5.41) is 3.85. The Morgan fingerprint density at radius 1 is 0.857 bits per heavy atom. The first kappa shape index (κ1) is 15.5. The smallest absolute Gasteiger partial charge is 0.236 e. The fourth-order valence-corrected chi connectivity index (χ4v) is 2.69. The molecule has 2 heterocycles. The topological polar surface area (TPSA) is 72.0 Å². The van der Waals surface area contributed by atoms with E-state index in [-0.39, 0.29) is 23.3 Å². The maximum Gasteiger partial charge on any atom is 0.236 e. The number of hydrogen-bond acceptors (Lipinski definition) is 6. The van der Waals surface area contributed by atoms with E-state index in [0.717, 1.165) is 10.1 Å². The summed E-state index contributed by atoms with van der Waals surface area (Å²) in [6.07, 6.45) is 3.32. The van der Waals surface area contributed by atoms with Crippen LogP contribution in [-0.2, 0) is 9.59 Å². The van der Waals surface area contributed by atoms with Crippen LogP contribution in [0.15, 0.2) is 58.8 Å². The van der Waals surface area contributed by atoms with Crippen LogP contribution in [0.5, 0.6) is 0 Å². The Hall–Kier alpha value is -1.86. The van der Waals surface area contributed by atoms with Crippen molar-refractivity contribution >= 4 is 35.3 Å². The molecule has 2 amide bonds.